The van der Waals surface area contributed by atoms with Crippen LogP contribution in [0.25, 0.3) is 0 Å². The number of benzene rings is 2. The van der Waals surface area contributed by atoms with Gasteiger partial charge < -0.3 is 20.2 Å². The summed E-state index contributed by atoms with van der Waals surface area (Å²) in [6, 6.07) is 16.6. The summed E-state index contributed by atoms with van der Waals surface area (Å²) in [6.07, 6.45) is 4.87. The maximum absolute atomic E-state index is 12.1. The predicted molar refractivity (Wildman–Crippen MR) is 130 cm³/mol. The van der Waals surface area contributed by atoms with Gasteiger partial charge in [0.05, 0.1) is 5.60 Å². The lowest BCUT2D eigenvalue weighted by Gasteiger charge is -2.37. The standard InChI is InChI=1S/C24H32ClNO.C2H2O4/c1-3-26(4-2)17-9-16-24(27)22-14-6-5-10-19(22)11-8-15-23(24)20-12-7-13-21(25)18-20;3-1(4)2(5)6/h5-7,10,12-14,18,23,27H,3-4,8-9,11,15-17H2,1-2H3;(H,3,4)(H,5,6)/t23-,24+;/m1./s1. The Morgan fingerprint density at radius 3 is 2.33 bits per heavy atom. The van der Waals surface area contributed by atoms with Crippen LogP contribution >= 0.6 is 11.6 Å². The van der Waals surface area contributed by atoms with Crippen LogP contribution in [0.1, 0.15) is 62.1 Å². The Bertz CT molecular complexity index is 918. The molecule has 33 heavy (non-hydrogen) atoms. The number of fused-ring (bicyclic) bond motifs is 1. The lowest BCUT2D eigenvalue weighted by Crippen LogP contribution is -2.35. The average molecular weight is 476 g/mol. The van der Waals surface area contributed by atoms with Crippen LogP contribution in [0, 0.1) is 0 Å². The van der Waals surface area contributed by atoms with E-state index in [9.17, 15) is 5.11 Å². The Labute approximate surface area is 200 Å². The van der Waals surface area contributed by atoms with Crippen molar-refractivity contribution in [3.05, 3.63) is 70.2 Å². The molecular weight excluding hydrogens is 442 g/mol. The molecule has 0 aromatic heterocycles. The maximum Gasteiger partial charge on any atom is 0.414 e. The lowest BCUT2D eigenvalue weighted by atomic mass is 9.73. The molecule has 0 spiro atoms. The third-order valence-corrected chi connectivity index (χ3v) is 6.59. The summed E-state index contributed by atoms with van der Waals surface area (Å²) in [5.41, 5.74) is 2.73. The lowest BCUT2D eigenvalue weighted by molar-refractivity contribution is -0.159. The van der Waals surface area contributed by atoms with E-state index in [0.29, 0.717) is 0 Å². The molecule has 0 unspecified atom stereocenters. The molecule has 6 nitrogen and oxygen atoms in total. The SMILES string of the molecule is CCN(CC)CCC[C@]1(O)c2ccccc2CCC[C@@H]1c1cccc(Cl)c1.O=C(O)C(=O)O. The van der Waals surface area contributed by atoms with Crippen molar-refractivity contribution in [2.24, 2.45) is 0 Å². The molecule has 0 saturated heterocycles. The van der Waals surface area contributed by atoms with E-state index in [0.717, 1.165) is 67.9 Å². The Morgan fingerprint density at radius 2 is 1.73 bits per heavy atom. The summed E-state index contributed by atoms with van der Waals surface area (Å²) >= 11 is 6.29. The van der Waals surface area contributed by atoms with Crippen LogP contribution in [-0.4, -0.2) is 51.8 Å². The number of carboxylic acids is 2. The van der Waals surface area contributed by atoms with E-state index in [2.05, 4.69) is 49.1 Å². The largest absolute Gasteiger partial charge is 0.473 e. The molecule has 180 valence electrons. The van der Waals surface area contributed by atoms with Gasteiger partial charge in [0, 0.05) is 10.9 Å². The molecule has 0 aliphatic heterocycles. The van der Waals surface area contributed by atoms with Gasteiger partial charge in [0.15, 0.2) is 0 Å². The van der Waals surface area contributed by atoms with Gasteiger partial charge in [-0.3, -0.25) is 0 Å². The molecule has 3 N–H and O–H groups in total. The summed E-state index contributed by atoms with van der Waals surface area (Å²) < 4.78 is 0. The van der Waals surface area contributed by atoms with Crippen molar-refractivity contribution in [2.45, 2.75) is 57.5 Å². The third-order valence-electron chi connectivity index (χ3n) is 6.36. The van der Waals surface area contributed by atoms with Gasteiger partial charge in [-0.15, -0.1) is 0 Å². The van der Waals surface area contributed by atoms with E-state index in [1.165, 1.54) is 5.56 Å². The van der Waals surface area contributed by atoms with Gasteiger partial charge in [-0.05, 0) is 80.6 Å². The zero-order chi connectivity index (χ0) is 24.4. The van der Waals surface area contributed by atoms with Crippen molar-refractivity contribution in [1.82, 2.24) is 4.90 Å². The van der Waals surface area contributed by atoms with Crippen LogP contribution in [0.5, 0.6) is 0 Å². The van der Waals surface area contributed by atoms with Crippen molar-refractivity contribution >= 4 is 23.5 Å². The quantitative estimate of drug-likeness (QED) is 0.388. The van der Waals surface area contributed by atoms with E-state index < -0.39 is 17.5 Å². The number of halogens is 1. The summed E-state index contributed by atoms with van der Waals surface area (Å²) in [5, 5.41) is 27.6. The van der Waals surface area contributed by atoms with Crippen LogP contribution in [0.15, 0.2) is 48.5 Å². The van der Waals surface area contributed by atoms with Crippen LogP contribution in [0.4, 0.5) is 0 Å². The Morgan fingerprint density at radius 1 is 1.06 bits per heavy atom. The molecular formula is C26H34ClNO5. The number of rotatable bonds is 7. The molecule has 0 radical (unpaired) electrons. The molecule has 2 aromatic rings. The average Bonchev–Trinajstić information content (AvgIpc) is 2.94. The molecule has 2 atom stereocenters. The fourth-order valence-corrected chi connectivity index (χ4v) is 4.87. The van der Waals surface area contributed by atoms with E-state index in [1.54, 1.807) is 0 Å². The number of aryl methyl sites for hydroxylation is 1. The number of nitrogens with zero attached hydrogens (tertiary/aromatic N) is 1. The van der Waals surface area contributed by atoms with E-state index in [1.807, 2.05) is 18.2 Å². The van der Waals surface area contributed by atoms with Gasteiger partial charge in [-0.2, -0.15) is 0 Å². The van der Waals surface area contributed by atoms with Crippen molar-refractivity contribution in [2.75, 3.05) is 19.6 Å². The summed E-state index contributed by atoms with van der Waals surface area (Å²) in [4.78, 5) is 20.6. The minimum Gasteiger partial charge on any atom is -0.473 e. The molecule has 0 amide bonds. The molecule has 0 fully saturated rings. The van der Waals surface area contributed by atoms with Gasteiger partial charge in [-0.1, -0.05) is 61.8 Å². The molecule has 0 bridgehead atoms. The van der Waals surface area contributed by atoms with Crippen LogP contribution < -0.4 is 0 Å². The highest BCUT2D eigenvalue weighted by Crippen LogP contribution is 2.47. The first-order valence-electron chi connectivity index (χ1n) is 11.5. The number of carboxylic acid groups (broad SMARTS) is 2. The molecule has 1 aliphatic rings. The third kappa shape index (κ3) is 7.29. The highest BCUT2D eigenvalue weighted by atomic mass is 35.5. The number of aliphatic hydroxyl groups is 1. The van der Waals surface area contributed by atoms with Crippen molar-refractivity contribution < 1.29 is 24.9 Å². The summed E-state index contributed by atoms with van der Waals surface area (Å²) in [7, 11) is 0. The fraction of sp³-hybridized carbons (Fsp3) is 0.462. The number of carbonyl (C=O) groups is 2. The van der Waals surface area contributed by atoms with E-state index in [4.69, 9.17) is 31.4 Å². The molecule has 3 rings (SSSR count). The zero-order valence-corrected chi connectivity index (χ0v) is 20.1. The van der Waals surface area contributed by atoms with Crippen LogP contribution in [0.3, 0.4) is 0 Å². The highest BCUT2D eigenvalue weighted by molar-refractivity contribution is 6.30. The number of hydrogen-bond acceptors (Lipinski definition) is 4. The van der Waals surface area contributed by atoms with Gasteiger partial charge >= 0.3 is 11.9 Å². The van der Waals surface area contributed by atoms with Crippen molar-refractivity contribution in [1.29, 1.82) is 0 Å². The normalized spacial score (nSPS) is 19.7. The van der Waals surface area contributed by atoms with Crippen LogP contribution in [0.2, 0.25) is 5.02 Å². The second-order valence-electron chi connectivity index (χ2n) is 8.32. The minimum absolute atomic E-state index is 0.0801. The smallest absolute Gasteiger partial charge is 0.414 e. The molecule has 0 saturated carbocycles. The predicted octanol–water partition coefficient (Wildman–Crippen LogP) is 4.93. The molecule has 1 aliphatic carbocycles. The molecule has 0 heterocycles. The minimum atomic E-state index is -1.82. The second-order valence-corrected chi connectivity index (χ2v) is 8.76. The van der Waals surface area contributed by atoms with Gasteiger partial charge in [0.25, 0.3) is 0 Å². The maximum atomic E-state index is 12.1. The number of aliphatic carboxylic acids is 2. The Kier molecular flexibility index (Phi) is 10.4. The number of hydrogen-bond donors (Lipinski definition) is 3. The summed E-state index contributed by atoms with van der Waals surface area (Å²) in [5.74, 6) is -3.57. The fourth-order valence-electron chi connectivity index (χ4n) is 4.67. The second kappa shape index (κ2) is 12.7. The first kappa shape index (κ1) is 26.8. The molecule has 7 heteroatoms. The molecule has 2 aromatic carbocycles. The topological polar surface area (TPSA) is 98.1 Å². The van der Waals surface area contributed by atoms with Crippen molar-refractivity contribution in [3.8, 4) is 0 Å². The monoisotopic (exact) mass is 475 g/mol. The van der Waals surface area contributed by atoms with Gasteiger partial charge in [0.2, 0.25) is 0 Å². The summed E-state index contributed by atoms with van der Waals surface area (Å²) in [6.45, 7) is 7.55. The van der Waals surface area contributed by atoms with E-state index >= 15 is 0 Å². The Balaban J connectivity index is 0.000000569. The zero-order valence-electron chi connectivity index (χ0n) is 19.3. The van der Waals surface area contributed by atoms with Gasteiger partial charge in [0.1, 0.15) is 0 Å². The Hall–Kier alpha value is -2.41. The van der Waals surface area contributed by atoms with Crippen LogP contribution in [-0.2, 0) is 21.6 Å². The highest BCUT2D eigenvalue weighted by Gasteiger charge is 2.41. The first-order valence-corrected chi connectivity index (χ1v) is 11.9. The van der Waals surface area contributed by atoms with Gasteiger partial charge in [-0.25, -0.2) is 9.59 Å². The first-order chi connectivity index (χ1) is 15.7. The van der Waals surface area contributed by atoms with Crippen molar-refractivity contribution in [3.63, 3.8) is 0 Å². The van der Waals surface area contributed by atoms with E-state index in [-0.39, 0.29) is 5.92 Å².